The highest BCUT2D eigenvalue weighted by molar-refractivity contribution is 6.30. The van der Waals surface area contributed by atoms with Gasteiger partial charge in [0.05, 0.1) is 0 Å². The van der Waals surface area contributed by atoms with Gasteiger partial charge in [-0.3, -0.25) is 9.59 Å². The predicted molar refractivity (Wildman–Crippen MR) is 110 cm³/mol. The minimum Gasteiger partial charge on any atom is -0.475 e. The third-order valence-corrected chi connectivity index (χ3v) is 6.38. The van der Waals surface area contributed by atoms with E-state index in [1.807, 2.05) is 29.2 Å². The standard InChI is InChI=1S/C19H24ClN3O2.C2HF3O2/c20-15-8-6-14(7-9-15)10-23-17(24)11-22(16-4-2-1-3-5-16)18(25)19(23)12-21-13-19;3-2(4,5)1(6)7/h6-9,16,21H,1-5,10-13H2;(H,6,7). The molecule has 2 aliphatic heterocycles. The smallest absolute Gasteiger partial charge is 0.475 e. The molecule has 2 saturated heterocycles. The summed E-state index contributed by atoms with van der Waals surface area (Å²) < 4.78 is 31.7. The zero-order valence-corrected chi connectivity index (χ0v) is 18.1. The van der Waals surface area contributed by atoms with Gasteiger partial charge in [0.15, 0.2) is 0 Å². The van der Waals surface area contributed by atoms with Crippen molar-refractivity contribution < 1.29 is 32.7 Å². The monoisotopic (exact) mass is 475 g/mol. The van der Waals surface area contributed by atoms with E-state index >= 15 is 0 Å². The second-order valence-corrected chi connectivity index (χ2v) is 8.71. The van der Waals surface area contributed by atoms with E-state index in [2.05, 4.69) is 5.32 Å². The molecule has 3 aliphatic rings. The van der Waals surface area contributed by atoms with Gasteiger partial charge < -0.3 is 20.2 Å². The second-order valence-electron chi connectivity index (χ2n) is 8.27. The van der Waals surface area contributed by atoms with Crippen molar-refractivity contribution in [3.05, 3.63) is 34.9 Å². The number of nitrogens with zero attached hydrogens (tertiary/aromatic N) is 2. The number of rotatable bonds is 3. The summed E-state index contributed by atoms with van der Waals surface area (Å²) in [5.41, 5.74) is 0.301. The lowest BCUT2D eigenvalue weighted by Gasteiger charge is -2.55. The van der Waals surface area contributed by atoms with Gasteiger partial charge in [-0.05, 0) is 30.5 Å². The van der Waals surface area contributed by atoms with Crippen LogP contribution in [0.4, 0.5) is 13.2 Å². The van der Waals surface area contributed by atoms with E-state index in [0.29, 0.717) is 24.7 Å². The molecule has 1 aliphatic carbocycles. The first kappa shape index (κ1) is 24.3. The summed E-state index contributed by atoms with van der Waals surface area (Å²) in [7, 11) is 0. The van der Waals surface area contributed by atoms with Crippen LogP contribution in [0.2, 0.25) is 5.02 Å². The maximum atomic E-state index is 13.3. The van der Waals surface area contributed by atoms with E-state index < -0.39 is 17.7 Å². The number of amides is 2. The van der Waals surface area contributed by atoms with Gasteiger partial charge in [0.2, 0.25) is 5.91 Å². The van der Waals surface area contributed by atoms with E-state index in [1.54, 1.807) is 4.90 Å². The summed E-state index contributed by atoms with van der Waals surface area (Å²) in [4.78, 5) is 38.8. The van der Waals surface area contributed by atoms with Crippen molar-refractivity contribution in [1.82, 2.24) is 15.1 Å². The fourth-order valence-corrected chi connectivity index (χ4v) is 4.45. The molecule has 0 aromatic heterocycles. The Kier molecular flexibility index (Phi) is 7.34. The van der Waals surface area contributed by atoms with Crippen LogP contribution in [-0.2, 0) is 20.9 Å². The molecule has 4 rings (SSSR count). The summed E-state index contributed by atoms with van der Waals surface area (Å²) in [6, 6.07) is 7.74. The molecule has 2 N–H and O–H groups in total. The molecule has 1 aromatic carbocycles. The van der Waals surface area contributed by atoms with Gasteiger partial charge in [-0.1, -0.05) is 43.0 Å². The Morgan fingerprint density at radius 1 is 1.12 bits per heavy atom. The Labute approximate surface area is 188 Å². The molecule has 0 unspecified atom stereocenters. The van der Waals surface area contributed by atoms with Crippen molar-refractivity contribution in [1.29, 1.82) is 0 Å². The van der Waals surface area contributed by atoms with E-state index in [4.69, 9.17) is 21.5 Å². The van der Waals surface area contributed by atoms with Crippen molar-refractivity contribution in [3.63, 3.8) is 0 Å². The number of carboxylic acids is 1. The van der Waals surface area contributed by atoms with Gasteiger partial charge >= 0.3 is 12.1 Å². The van der Waals surface area contributed by atoms with Gasteiger partial charge in [0.25, 0.3) is 5.91 Å². The topological polar surface area (TPSA) is 90.0 Å². The number of piperazine rings is 1. The Morgan fingerprint density at radius 3 is 2.16 bits per heavy atom. The van der Waals surface area contributed by atoms with Crippen LogP contribution in [0.3, 0.4) is 0 Å². The number of alkyl halides is 3. The van der Waals surface area contributed by atoms with Crippen LogP contribution < -0.4 is 5.32 Å². The number of benzene rings is 1. The van der Waals surface area contributed by atoms with Crippen molar-refractivity contribution in [2.24, 2.45) is 0 Å². The number of carboxylic acid groups (broad SMARTS) is 1. The predicted octanol–water partition coefficient (Wildman–Crippen LogP) is 2.82. The molecule has 11 heteroatoms. The minimum absolute atomic E-state index is 0.0571. The first-order chi connectivity index (χ1) is 15.0. The van der Waals surface area contributed by atoms with Crippen molar-refractivity contribution in [2.45, 2.75) is 56.4 Å². The number of carbonyl (C=O) groups is 3. The number of carbonyl (C=O) groups excluding carboxylic acids is 2. The van der Waals surface area contributed by atoms with E-state index in [9.17, 15) is 22.8 Å². The Balaban J connectivity index is 0.000000360. The SMILES string of the molecule is O=C(O)C(F)(F)F.O=C1CN(C2CCCCC2)C(=O)C2(CNC2)N1Cc1ccc(Cl)cc1. The fraction of sp³-hybridized carbons (Fsp3) is 0.571. The van der Waals surface area contributed by atoms with Crippen LogP contribution in [0.15, 0.2) is 24.3 Å². The number of aliphatic carboxylic acids is 1. The minimum atomic E-state index is -5.08. The normalized spacial score (nSPS) is 21.1. The summed E-state index contributed by atoms with van der Waals surface area (Å²) in [6.07, 6.45) is 0.520. The van der Waals surface area contributed by atoms with Gasteiger partial charge in [-0.2, -0.15) is 13.2 Å². The molecule has 0 radical (unpaired) electrons. The molecule has 32 heavy (non-hydrogen) atoms. The van der Waals surface area contributed by atoms with Gasteiger partial charge in [0, 0.05) is 30.7 Å². The van der Waals surface area contributed by atoms with Crippen molar-refractivity contribution in [2.75, 3.05) is 19.6 Å². The van der Waals surface area contributed by atoms with E-state index in [1.165, 1.54) is 6.42 Å². The molecule has 7 nitrogen and oxygen atoms in total. The Bertz CT molecular complexity index is 853. The van der Waals surface area contributed by atoms with Crippen molar-refractivity contribution >= 4 is 29.4 Å². The first-order valence-electron chi connectivity index (χ1n) is 10.4. The number of hydrogen-bond acceptors (Lipinski definition) is 4. The summed E-state index contributed by atoms with van der Waals surface area (Å²) in [5.74, 6) is -2.57. The van der Waals surface area contributed by atoms with Crippen LogP contribution in [0, 0.1) is 0 Å². The molecule has 0 bridgehead atoms. The van der Waals surface area contributed by atoms with Crippen LogP contribution >= 0.6 is 11.6 Å². The first-order valence-corrected chi connectivity index (χ1v) is 10.8. The molecule has 0 atom stereocenters. The summed E-state index contributed by atoms with van der Waals surface area (Å²) in [5, 5.41) is 11.0. The molecule has 2 heterocycles. The summed E-state index contributed by atoms with van der Waals surface area (Å²) in [6.45, 7) is 1.78. The molecule has 2 amide bonds. The van der Waals surface area contributed by atoms with Gasteiger partial charge in [0.1, 0.15) is 12.1 Å². The maximum Gasteiger partial charge on any atom is 0.490 e. The zero-order valence-electron chi connectivity index (χ0n) is 17.3. The molecule has 1 saturated carbocycles. The average molecular weight is 476 g/mol. The van der Waals surface area contributed by atoms with Crippen LogP contribution in [0.25, 0.3) is 0 Å². The highest BCUT2D eigenvalue weighted by atomic mass is 35.5. The third kappa shape index (κ3) is 5.17. The summed E-state index contributed by atoms with van der Waals surface area (Å²) >= 11 is 5.95. The Hall–Kier alpha value is -2.33. The number of halogens is 4. The fourth-order valence-electron chi connectivity index (χ4n) is 4.33. The molecular formula is C21H25ClF3N3O4. The largest absolute Gasteiger partial charge is 0.490 e. The van der Waals surface area contributed by atoms with E-state index in [0.717, 1.165) is 31.2 Å². The number of hydrogen-bond donors (Lipinski definition) is 2. The second kappa shape index (κ2) is 9.66. The quantitative estimate of drug-likeness (QED) is 0.701. The molecule has 176 valence electrons. The van der Waals surface area contributed by atoms with Crippen LogP contribution in [0.1, 0.15) is 37.7 Å². The van der Waals surface area contributed by atoms with Crippen molar-refractivity contribution in [3.8, 4) is 0 Å². The average Bonchev–Trinajstić information content (AvgIpc) is 2.71. The lowest BCUT2D eigenvalue weighted by Crippen LogP contribution is -2.80. The zero-order chi connectivity index (χ0) is 23.5. The number of nitrogens with one attached hydrogen (secondary N) is 1. The van der Waals surface area contributed by atoms with Crippen LogP contribution in [-0.4, -0.2) is 70.1 Å². The van der Waals surface area contributed by atoms with Gasteiger partial charge in [-0.25, -0.2) is 4.79 Å². The molecule has 1 spiro atoms. The lowest BCUT2D eigenvalue weighted by atomic mass is 9.83. The third-order valence-electron chi connectivity index (χ3n) is 6.13. The highest BCUT2D eigenvalue weighted by Crippen LogP contribution is 2.34. The van der Waals surface area contributed by atoms with E-state index in [-0.39, 0.29) is 24.4 Å². The van der Waals surface area contributed by atoms with Gasteiger partial charge in [-0.15, -0.1) is 0 Å². The molecule has 1 aromatic rings. The maximum absolute atomic E-state index is 13.3. The Morgan fingerprint density at radius 2 is 1.69 bits per heavy atom. The highest BCUT2D eigenvalue weighted by Gasteiger charge is 2.57. The van der Waals surface area contributed by atoms with Crippen LogP contribution in [0.5, 0.6) is 0 Å². The lowest BCUT2D eigenvalue weighted by molar-refractivity contribution is -0.192. The molecule has 3 fully saturated rings. The molecular weight excluding hydrogens is 451 g/mol.